The van der Waals surface area contributed by atoms with Crippen molar-refractivity contribution in [2.75, 3.05) is 6.54 Å². The Morgan fingerprint density at radius 2 is 1.71 bits per heavy atom. The molecule has 0 fully saturated rings. The molecule has 2 nitrogen and oxygen atoms in total. The highest BCUT2D eigenvalue weighted by molar-refractivity contribution is 5.89. The second-order valence-electron chi connectivity index (χ2n) is 5.46. The van der Waals surface area contributed by atoms with Gasteiger partial charge in [0.2, 0.25) is 0 Å². The summed E-state index contributed by atoms with van der Waals surface area (Å²) in [6, 6.07) is 17.2. The Morgan fingerprint density at radius 1 is 0.952 bits per heavy atom. The molecule has 2 heteroatoms. The van der Waals surface area contributed by atoms with Crippen molar-refractivity contribution >= 4 is 10.8 Å². The number of furan rings is 1. The first-order valence-electron chi connectivity index (χ1n) is 7.48. The summed E-state index contributed by atoms with van der Waals surface area (Å²) in [6.07, 6.45) is 0. The van der Waals surface area contributed by atoms with E-state index in [9.17, 15) is 0 Å². The van der Waals surface area contributed by atoms with Gasteiger partial charge in [0.25, 0.3) is 0 Å². The van der Waals surface area contributed by atoms with E-state index in [-0.39, 0.29) is 6.04 Å². The second-order valence-corrected chi connectivity index (χ2v) is 5.46. The van der Waals surface area contributed by atoms with Crippen LogP contribution in [0.4, 0.5) is 0 Å². The lowest BCUT2D eigenvalue weighted by Gasteiger charge is -2.19. The van der Waals surface area contributed by atoms with E-state index in [4.69, 9.17) is 4.42 Å². The minimum Gasteiger partial charge on any atom is -0.464 e. The van der Waals surface area contributed by atoms with E-state index in [1.165, 1.54) is 21.9 Å². The van der Waals surface area contributed by atoms with Crippen LogP contribution in [0.3, 0.4) is 0 Å². The van der Waals surface area contributed by atoms with Gasteiger partial charge < -0.3 is 9.73 Å². The van der Waals surface area contributed by atoms with E-state index in [1.807, 2.05) is 13.0 Å². The molecule has 0 spiro atoms. The normalized spacial score (nSPS) is 12.7. The molecule has 0 bridgehead atoms. The van der Waals surface area contributed by atoms with Crippen molar-refractivity contribution < 1.29 is 4.42 Å². The summed E-state index contributed by atoms with van der Waals surface area (Å²) in [6.45, 7) is 7.16. The smallest absolute Gasteiger partial charge is 0.125 e. The zero-order valence-corrected chi connectivity index (χ0v) is 12.8. The number of rotatable bonds is 4. The molecule has 1 atom stereocenters. The molecule has 1 heterocycles. The summed E-state index contributed by atoms with van der Waals surface area (Å²) in [5.74, 6) is 1.92. The van der Waals surface area contributed by atoms with Gasteiger partial charge in [-0.05, 0) is 54.4 Å². The average Bonchev–Trinajstić information content (AvgIpc) is 2.92. The fraction of sp³-hybridized carbons (Fsp3) is 0.263. The monoisotopic (exact) mass is 279 g/mol. The van der Waals surface area contributed by atoms with Gasteiger partial charge >= 0.3 is 0 Å². The molecule has 3 aromatic rings. The van der Waals surface area contributed by atoms with Crippen LogP contribution in [0.2, 0.25) is 0 Å². The molecular weight excluding hydrogens is 258 g/mol. The molecule has 0 aliphatic heterocycles. The van der Waals surface area contributed by atoms with Gasteiger partial charge in [-0.25, -0.2) is 0 Å². The van der Waals surface area contributed by atoms with Crippen LogP contribution in [-0.2, 0) is 0 Å². The molecule has 0 saturated heterocycles. The van der Waals surface area contributed by atoms with E-state index in [0.29, 0.717) is 0 Å². The Hall–Kier alpha value is -2.06. The van der Waals surface area contributed by atoms with Crippen LogP contribution in [-0.4, -0.2) is 6.54 Å². The van der Waals surface area contributed by atoms with Gasteiger partial charge in [0.05, 0.1) is 6.04 Å². The van der Waals surface area contributed by atoms with Crippen molar-refractivity contribution in [3.63, 3.8) is 0 Å². The number of benzene rings is 2. The maximum atomic E-state index is 5.87. The minimum atomic E-state index is 0.0919. The Morgan fingerprint density at radius 3 is 2.38 bits per heavy atom. The predicted octanol–water partition coefficient (Wildman–Crippen LogP) is 4.75. The topological polar surface area (TPSA) is 25.2 Å². The molecule has 21 heavy (non-hydrogen) atoms. The SMILES string of the molecule is CCNC(c1ccc(C)o1)c1ccc(C)c2ccccc12. The van der Waals surface area contributed by atoms with Crippen LogP contribution in [0.1, 0.15) is 35.6 Å². The lowest BCUT2D eigenvalue weighted by atomic mass is 9.94. The number of fused-ring (bicyclic) bond motifs is 1. The van der Waals surface area contributed by atoms with Gasteiger partial charge in [0.1, 0.15) is 11.5 Å². The average molecular weight is 279 g/mol. The van der Waals surface area contributed by atoms with Crippen molar-refractivity contribution in [2.45, 2.75) is 26.8 Å². The number of hydrogen-bond donors (Lipinski definition) is 1. The van der Waals surface area contributed by atoms with E-state index in [2.05, 4.69) is 61.6 Å². The Balaban J connectivity index is 2.18. The standard InChI is InChI=1S/C19H21NO/c1-4-20-19(18-12-10-14(3)21-18)17-11-9-13(2)15-7-5-6-8-16(15)17/h5-12,19-20H,4H2,1-3H3. The number of nitrogens with one attached hydrogen (secondary N) is 1. The van der Waals surface area contributed by atoms with E-state index in [0.717, 1.165) is 18.1 Å². The van der Waals surface area contributed by atoms with Gasteiger partial charge in [-0.3, -0.25) is 0 Å². The quantitative estimate of drug-likeness (QED) is 0.745. The van der Waals surface area contributed by atoms with Crippen LogP contribution < -0.4 is 5.32 Å². The minimum absolute atomic E-state index is 0.0919. The highest BCUT2D eigenvalue weighted by atomic mass is 16.3. The Labute approximate surface area is 125 Å². The summed E-state index contributed by atoms with van der Waals surface area (Å²) in [5.41, 5.74) is 2.58. The summed E-state index contributed by atoms with van der Waals surface area (Å²) in [7, 11) is 0. The van der Waals surface area contributed by atoms with Crippen LogP contribution >= 0.6 is 0 Å². The van der Waals surface area contributed by atoms with Crippen molar-refractivity contribution in [1.82, 2.24) is 5.32 Å². The molecule has 0 radical (unpaired) electrons. The van der Waals surface area contributed by atoms with Gasteiger partial charge in [-0.2, -0.15) is 0 Å². The molecule has 108 valence electrons. The molecule has 1 N–H and O–H groups in total. The molecule has 0 amide bonds. The van der Waals surface area contributed by atoms with Gasteiger partial charge in [0, 0.05) is 0 Å². The van der Waals surface area contributed by atoms with E-state index < -0.39 is 0 Å². The highest BCUT2D eigenvalue weighted by Crippen LogP contribution is 2.31. The number of hydrogen-bond acceptors (Lipinski definition) is 2. The molecule has 2 aromatic carbocycles. The second kappa shape index (κ2) is 5.74. The Kier molecular flexibility index (Phi) is 3.80. The first kappa shape index (κ1) is 13.9. The Bertz CT molecular complexity index is 757. The molecule has 0 aliphatic carbocycles. The molecule has 0 saturated carbocycles. The van der Waals surface area contributed by atoms with Crippen LogP contribution in [0.5, 0.6) is 0 Å². The molecule has 3 rings (SSSR count). The fourth-order valence-electron chi connectivity index (χ4n) is 2.90. The lowest BCUT2D eigenvalue weighted by molar-refractivity contribution is 0.436. The maximum Gasteiger partial charge on any atom is 0.125 e. The third-order valence-corrected chi connectivity index (χ3v) is 3.94. The van der Waals surface area contributed by atoms with Crippen LogP contribution in [0.15, 0.2) is 52.9 Å². The van der Waals surface area contributed by atoms with Crippen LogP contribution in [0.25, 0.3) is 10.8 Å². The van der Waals surface area contributed by atoms with E-state index in [1.54, 1.807) is 0 Å². The highest BCUT2D eigenvalue weighted by Gasteiger charge is 2.19. The van der Waals surface area contributed by atoms with Gasteiger partial charge in [-0.15, -0.1) is 0 Å². The summed E-state index contributed by atoms with van der Waals surface area (Å²) in [4.78, 5) is 0. The number of aryl methyl sites for hydroxylation is 2. The van der Waals surface area contributed by atoms with Crippen LogP contribution in [0, 0.1) is 13.8 Å². The van der Waals surface area contributed by atoms with Gasteiger partial charge in [0.15, 0.2) is 0 Å². The largest absolute Gasteiger partial charge is 0.464 e. The first-order valence-corrected chi connectivity index (χ1v) is 7.48. The summed E-state index contributed by atoms with van der Waals surface area (Å²) in [5, 5.41) is 6.14. The first-order chi connectivity index (χ1) is 10.2. The zero-order valence-electron chi connectivity index (χ0n) is 12.8. The van der Waals surface area contributed by atoms with Gasteiger partial charge in [-0.1, -0.05) is 43.3 Å². The summed E-state index contributed by atoms with van der Waals surface area (Å²) < 4.78 is 5.87. The molecule has 1 unspecified atom stereocenters. The fourth-order valence-corrected chi connectivity index (χ4v) is 2.90. The zero-order chi connectivity index (χ0) is 14.8. The predicted molar refractivity (Wildman–Crippen MR) is 87.6 cm³/mol. The lowest BCUT2D eigenvalue weighted by Crippen LogP contribution is -2.21. The molecular formula is C19H21NO. The third-order valence-electron chi connectivity index (χ3n) is 3.94. The third kappa shape index (κ3) is 2.59. The van der Waals surface area contributed by atoms with Crippen molar-refractivity contribution in [3.8, 4) is 0 Å². The van der Waals surface area contributed by atoms with Crippen molar-refractivity contribution in [2.24, 2.45) is 0 Å². The summed E-state index contributed by atoms with van der Waals surface area (Å²) >= 11 is 0. The molecule has 0 aliphatic rings. The van der Waals surface area contributed by atoms with Crippen molar-refractivity contribution in [3.05, 3.63) is 71.2 Å². The molecule has 1 aromatic heterocycles. The maximum absolute atomic E-state index is 5.87. The van der Waals surface area contributed by atoms with Crippen molar-refractivity contribution in [1.29, 1.82) is 0 Å². The van der Waals surface area contributed by atoms with E-state index >= 15 is 0 Å².